The van der Waals surface area contributed by atoms with Crippen molar-refractivity contribution < 1.29 is 14.2 Å². The molecule has 4 nitrogen and oxygen atoms in total. The van der Waals surface area contributed by atoms with Gasteiger partial charge < -0.3 is 19.5 Å². The maximum absolute atomic E-state index is 5.69. The molecule has 100 valence electrons. The monoisotopic (exact) mass is 315 g/mol. The topological polar surface area (TPSA) is 39.7 Å². The lowest BCUT2D eigenvalue weighted by molar-refractivity contribution is -0.0358. The van der Waals surface area contributed by atoms with Crippen molar-refractivity contribution in [1.82, 2.24) is 5.32 Å². The second-order valence-electron chi connectivity index (χ2n) is 4.17. The summed E-state index contributed by atoms with van der Waals surface area (Å²) >= 11 is 3.51. The summed E-state index contributed by atoms with van der Waals surface area (Å²) in [5.74, 6) is 0.840. The SMILES string of the molecule is COc1ccc(Br)c(COCC2CNCCO2)c1. The predicted molar refractivity (Wildman–Crippen MR) is 73.0 cm³/mol. The number of methoxy groups -OCH3 is 1. The van der Waals surface area contributed by atoms with Crippen molar-refractivity contribution in [3.8, 4) is 5.75 Å². The molecule has 0 aromatic heterocycles. The van der Waals surface area contributed by atoms with E-state index in [2.05, 4.69) is 21.2 Å². The number of morpholine rings is 1. The molecule has 0 bridgehead atoms. The lowest BCUT2D eigenvalue weighted by Crippen LogP contribution is -2.40. The molecule has 0 aliphatic carbocycles. The van der Waals surface area contributed by atoms with E-state index in [1.165, 1.54) is 0 Å². The third kappa shape index (κ3) is 3.95. The molecule has 0 amide bonds. The first-order valence-corrected chi connectivity index (χ1v) is 6.81. The summed E-state index contributed by atoms with van der Waals surface area (Å²) in [5.41, 5.74) is 1.08. The number of rotatable bonds is 5. The minimum absolute atomic E-state index is 0.156. The van der Waals surface area contributed by atoms with Crippen LogP contribution in [-0.4, -0.2) is 39.5 Å². The van der Waals surface area contributed by atoms with Crippen LogP contribution in [0.25, 0.3) is 0 Å². The Morgan fingerprint density at radius 1 is 1.50 bits per heavy atom. The smallest absolute Gasteiger partial charge is 0.119 e. The minimum Gasteiger partial charge on any atom is -0.497 e. The Kier molecular flexibility index (Phi) is 5.44. The molecular formula is C13H18BrNO3. The van der Waals surface area contributed by atoms with Crippen LogP contribution in [0.15, 0.2) is 22.7 Å². The van der Waals surface area contributed by atoms with Crippen LogP contribution in [0.4, 0.5) is 0 Å². The Balaban J connectivity index is 1.81. The largest absolute Gasteiger partial charge is 0.497 e. The van der Waals surface area contributed by atoms with Gasteiger partial charge >= 0.3 is 0 Å². The maximum atomic E-state index is 5.69. The van der Waals surface area contributed by atoms with Crippen LogP contribution in [-0.2, 0) is 16.1 Å². The van der Waals surface area contributed by atoms with Crippen LogP contribution >= 0.6 is 15.9 Å². The van der Waals surface area contributed by atoms with Crippen molar-refractivity contribution in [1.29, 1.82) is 0 Å². The highest BCUT2D eigenvalue weighted by Crippen LogP contribution is 2.23. The summed E-state index contributed by atoms with van der Waals surface area (Å²) in [5, 5.41) is 3.28. The summed E-state index contributed by atoms with van der Waals surface area (Å²) in [6.07, 6.45) is 0.156. The van der Waals surface area contributed by atoms with Crippen molar-refractivity contribution in [2.75, 3.05) is 33.4 Å². The van der Waals surface area contributed by atoms with Gasteiger partial charge in [0.05, 0.1) is 33.0 Å². The normalized spacial score (nSPS) is 19.8. The molecule has 1 heterocycles. The van der Waals surface area contributed by atoms with E-state index >= 15 is 0 Å². The molecule has 18 heavy (non-hydrogen) atoms. The molecule has 1 aromatic rings. The highest BCUT2D eigenvalue weighted by Gasteiger charge is 2.13. The van der Waals surface area contributed by atoms with Crippen molar-refractivity contribution in [3.63, 3.8) is 0 Å². The number of benzene rings is 1. The lowest BCUT2D eigenvalue weighted by atomic mass is 10.2. The fourth-order valence-corrected chi connectivity index (χ4v) is 2.18. The van der Waals surface area contributed by atoms with Gasteiger partial charge in [-0.2, -0.15) is 0 Å². The van der Waals surface area contributed by atoms with Crippen LogP contribution in [0.5, 0.6) is 5.75 Å². The molecule has 1 N–H and O–H groups in total. The van der Waals surface area contributed by atoms with Crippen LogP contribution in [0.1, 0.15) is 5.56 Å². The summed E-state index contributed by atoms with van der Waals surface area (Å²) in [6, 6.07) is 5.86. The van der Waals surface area contributed by atoms with Gasteiger partial charge in [0.1, 0.15) is 5.75 Å². The number of hydrogen-bond acceptors (Lipinski definition) is 4. The molecule has 1 saturated heterocycles. The molecule has 0 spiro atoms. The molecule has 2 rings (SSSR count). The number of ether oxygens (including phenoxy) is 3. The molecule has 0 saturated carbocycles. The molecule has 5 heteroatoms. The van der Waals surface area contributed by atoms with E-state index in [1.807, 2.05) is 18.2 Å². The zero-order valence-corrected chi connectivity index (χ0v) is 12.0. The van der Waals surface area contributed by atoms with Crippen molar-refractivity contribution in [2.24, 2.45) is 0 Å². The van der Waals surface area contributed by atoms with Gasteiger partial charge in [0, 0.05) is 17.6 Å². The Morgan fingerprint density at radius 3 is 3.11 bits per heavy atom. The average molecular weight is 316 g/mol. The first-order chi connectivity index (χ1) is 8.79. The molecule has 1 atom stereocenters. The van der Waals surface area contributed by atoms with Gasteiger partial charge in [0.2, 0.25) is 0 Å². The second kappa shape index (κ2) is 7.09. The highest BCUT2D eigenvalue weighted by molar-refractivity contribution is 9.10. The highest BCUT2D eigenvalue weighted by atomic mass is 79.9. The minimum atomic E-state index is 0.156. The molecule has 0 radical (unpaired) electrons. The van der Waals surface area contributed by atoms with Gasteiger partial charge in [-0.05, 0) is 23.8 Å². The zero-order chi connectivity index (χ0) is 12.8. The first-order valence-electron chi connectivity index (χ1n) is 6.02. The van der Waals surface area contributed by atoms with Gasteiger partial charge in [0.25, 0.3) is 0 Å². The Hall–Kier alpha value is -0.620. The summed E-state index contributed by atoms with van der Waals surface area (Å²) in [4.78, 5) is 0. The first kappa shape index (κ1) is 13.8. The molecule has 1 unspecified atom stereocenters. The van der Waals surface area contributed by atoms with Gasteiger partial charge in [-0.25, -0.2) is 0 Å². The van der Waals surface area contributed by atoms with Crippen molar-refractivity contribution in [2.45, 2.75) is 12.7 Å². The van der Waals surface area contributed by atoms with Gasteiger partial charge in [0.15, 0.2) is 0 Å². The van der Waals surface area contributed by atoms with E-state index in [0.29, 0.717) is 13.2 Å². The van der Waals surface area contributed by atoms with Crippen LogP contribution < -0.4 is 10.1 Å². The standard InChI is InChI=1S/C13H18BrNO3/c1-16-11-2-3-13(14)10(6-11)8-17-9-12-7-15-4-5-18-12/h2-3,6,12,15H,4-5,7-9H2,1H3. The number of halogens is 1. The van der Waals surface area contributed by atoms with E-state index in [4.69, 9.17) is 14.2 Å². The quantitative estimate of drug-likeness (QED) is 0.901. The third-order valence-corrected chi connectivity index (χ3v) is 3.59. The van der Waals surface area contributed by atoms with Crippen molar-refractivity contribution >= 4 is 15.9 Å². The van der Waals surface area contributed by atoms with Gasteiger partial charge in [-0.1, -0.05) is 15.9 Å². The van der Waals surface area contributed by atoms with E-state index in [-0.39, 0.29) is 6.10 Å². The van der Waals surface area contributed by atoms with E-state index in [0.717, 1.165) is 35.5 Å². The molecule has 1 aromatic carbocycles. The summed E-state index contributed by atoms with van der Waals surface area (Å²) < 4.78 is 17.5. The maximum Gasteiger partial charge on any atom is 0.119 e. The molecule has 1 aliphatic rings. The number of hydrogen-bond donors (Lipinski definition) is 1. The molecular weight excluding hydrogens is 298 g/mol. The second-order valence-corrected chi connectivity index (χ2v) is 5.02. The Morgan fingerprint density at radius 2 is 2.39 bits per heavy atom. The van der Waals surface area contributed by atoms with E-state index < -0.39 is 0 Å². The fraction of sp³-hybridized carbons (Fsp3) is 0.538. The average Bonchev–Trinajstić information content (AvgIpc) is 2.42. The number of nitrogens with one attached hydrogen (secondary N) is 1. The van der Waals surface area contributed by atoms with E-state index in [1.54, 1.807) is 7.11 Å². The van der Waals surface area contributed by atoms with Crippen LogP contribution in [0.3, 0.4) is 0 Å². The molecule has 1 fully saturated rings. The summed E-state index contributed by atoms with van der Waals surface area (Å²) in [6.45, 7) is 3.71. The Labute approximate surface area is 116 Å². The van der Waals surface area contributed by atoms with Crippen LogP contribution in [0, 0.1) is 0 Å². The van der Waals surface area contributed by atoms with Crippen LogP contribution in [0.2, 0.25) is 0 Å². The zero-order valence-electron chi connectivity index (χ0n) is 10.4. The van der Waals surface area contributed by atoms with Gasteiger partial charge in [-0.15, -0.1) is 0 Å². The molecule has 1 aliphatic heterocycles. The third-order valence-electron chi connectivity index (χ3n) is 2.82. The lowest BCUT2D eigenvalue weighted by Gasteiger charge is -2.23. The van der Waals surface area contributed by atoms with Gasteiger partial charge in [-0.3, -0.25) is 0 Å². The van der Waals surface area contributed by atoms with E-state index in [9.17, 15) is 0 Å². The predicted octanol–water partition coefficient (Wildman–Crippen LogP) is 1.96. The Bertz CT molecular complexity index is 380. The van der Waals surface area contributed by atoms with Crippen molar-refractivity contribution in [3.05, 3.63) is 28.2 Å². The fourth-order valence-electron chi connectivity index (χ4n) is 1.82. The summed E-state index contributed by atoms with van der Waals surface area (Å²) in [7, 11) is 1.66.